The number of aromatic nitrogens is 3. The molecular formula is C20H16FN3O2. The van der Waals surface area contributed by atoms with Crippen LogP contribution in [0.4, 0.5) is 4.39 Å². The van der Waals surface area contributed by atoms with E-state index < -0.39 is 0 Å². The lowest BCUT2D eigenvalue weighted by Gasteiger charge is -2.05. The van der Waals surface area contributed by atoms with Crippen LogP contribution in [0.15, 0.2) is 59.4 Å². The lowest BCUT2D eigenvalue weighted by Crippen LogP contribution is -2.14. The number of fused-ring (bicyclic) bond motifs is 1. The van der Waals surface area contributed by atoms with Gasteiger partial charge in [0.05, 0.1) is 12.8 Å². The van der Waals surface area contributed by atoms with Gasteiger partial charge >= 0.3 is 0 Å². The Morgan fingerprint density at radius 1 is 1.04 bits per heavy atom. The Hall–Kier alpha value is -3.41. The average Bonchev–Trinajstić information content (AvgIpc) is 2.99. The van der Waals surface area contributed by atoms with Crippen molar-refractivity contribution in [2.45, 2.75) is 6.92 Å². The van der Waals surface area contributed by atoms with Gasteiger partial charge < -0.3 is 4.74 Å². The van der Waals surface area contributed by atoms with Crippen LogP contribution in [0.5, 0.6) is 5.75 Å². The van der Waals surface area contributed by atoms with Gasteiger partial charge in [0.1, 0.15) is 11.6 Å². The summed E-state index contributed by atoms with van der Waals surface area (Å²) in [5.74, 6) is 0.423. The van der Waals surface area contributed by atoms with Crippen LogP contribution in [0.25, 0.3) is 28.0 Å². The molecule has 0 spiro atoms. The van der Waals surface area contributed by atoms with Crippen molar-refractivity contribution in [1.82, 2.24) is 14.6 Å². The molecule has 0 fully saturated rings. The van der Waals surface area contributed by atoms with E-state index in [1.165, 1.54) is 22.7 Å². The number of methoxy groups -OCH3 is 1. The molecule has 0 atom stereocenters. The molecule has 130 valence electrons. The number of H-pyrrole nitrogens is 1. The van der Waals surface area contributed by atoms with Crippen LogP contribution in [-0.2, 0) is 0 Å². The molecule has 4 aromatic rings. The summed E-state index contributed by atoms with van der Waals surface area (Å²) in [6.07, 6.45) is 0. The lowest BCUT2D eigenvalue weighted by molar-refractivity contribution is 0.415. The molecule has 4 rings (SSSR count). The quantitative estimate of drug-likeness (QED) is 0.612. The first-order valence-electron chi connectivity index (χ1n) is 8.09. The molecule has 2 aromatic carbocycles. The maximum Gasteiger partial charge on any atom is 0.273 e. The van der Waals surface area contributed by atoms with Crippen molar-refractivity contribution >= 4 is 5.65 Å². The van der Waals surface area contributed by atoms with Crippen LogP contribution >= 0.6 is 0 Å². The van der Waals surface area contributed by atoms with E-state index in [4.69, 9.17) is 4.74 Å². The summed E-state index contributed by atoms with van der Waals surface area (Å²) in [5, 5.41) is 3.06. The van der Waals surface area contributed by atoms with E-state index in [1.807, 2.05) is 31.2 Å². The number of halogens is 1. The second kappa shape index (κ2) is 6.15. The molecule has 0 saturated carbocycles. The summed E-state index contributed by atoms with van der Waals surface area (Å²) >= 11 is 0. The molecule has 26 heavy (non-hydrogen) atoms. The van der Waals surface area contributed by atoms with Crippen molar-refractivity contribution < 1.29 is 9.13 Å². The summed E-state index contributed by atoms with van der Waals surface area (Å²) in [4.78, 5) is 17.2. The van der Waals surface area contributed by atoms with Gasteiger partial charge in [-0.25, -0.2) is 13.9 Å². The predicted octanol–water partition coefficient (Wildman–Crippen LogP) is 3.81. The zero-order valence-corrected chi connectivity index (χ0v) is 14.3. The van der Waals surface area contributed by atoms with E-state index in [1.54, 1.807) is 19.2 Å². The molecule has 0 aliphatic heterocycles. The number of hydrogen-bond donors (Lipinski definition) is 1. The normalized spacial score (nSPS) is 11.0. The Morgan fingerprint density at radius 3 is 2.35 bits per heavy atom. The third kappa shape index (κ3) is 2.65. The zero-order chi connectivity index (χ0) is 18.3. The van der Waals surface area contributed by atoms with Gasteiger partial charge in [-0.3, -0.25) is 9.89 Å². The standard InChI is InChI=1S/C20H16FN3O2/c1-12-19(14-5-9-16(26-2)10-6-14)20-22-17(11-18(25)24(20)23-12)13-3-7-15(21)8-4-13/h3-11,23H,1-2H3. The highest BCUT2D eigenvalue weighted by Crippen LogP contribution is 2.29. The van der Waals surface area contributed by atoms with Gasteiger partial charge in [0, 0.05) is 22.9 Å². The number of nitrogens with zero attached hydrogens (tertiary/aromatic N) is 2. The average molecular weight is 349 g/mol. The van der Waals surface area contributed by atoms with Crippen LogP contribution in [0, 0.1) is 12.7 Å². The Bertz CT molecular complexity index is 1140. The van der Waals surface area contributed by atoms with Gasteiger partial charge in [-0.05, 0) is 48.9 Å². The zero-order valence-electron chi connectivity index (χ0n) is 14.3. The highest BCUT2D eigenvalue weighted by atomic mass is 19.1. The predicted molar refractivity (Wildman–Crippen MR) is 97.9 cm³/mol. The molecular weight excluding hydrogens is 333 g/mol. The van der Waals surface area contributed by atoms with Gasteiger partial charge in [-0.15, -0.1) is 0 Å². The van der Waals surface area contributed by atoms with Gasteiger partial charge in [0.2, 0.25) is 0 Å². The molecule has 0 saturated heterocycles. The van der Waals surface area contributed by atoms with Crippen LogP contribution in [0.1, 0.15) is 5.69 Å². The van der Waals surface area contributed by atoms with E-state index in [2.05, 4.69) is 10.1 Å². The number of aromatic amines is 1. The van der Waals surface area contributed by atoms with E-state index in [-0.39, 0.29) is 11.4 Å². The van der Waals surface area contributed by atoms with Gasteiger partial charge in [0.15, 0.2) is 5.65 Å². The number of rotatable bonds is 3. The first kappa shape index (κ1) is 16.1. The first-order valence-corrected chi connectivity index (χ1v) is 8.09. The lowest BCUT2D eigenvalue weighted by atomic mass is 10.1. The smallest absolute Gasteiger partial charge is 0.273 e. The summed E-state index contributed by atoms with van der Waals surface area (Å²) in [5.41, 5.74) is 4.08. The molecule has 1 N–H and O–H groups in total. The molecule has 0 bridgehead atoms. The molecule has 2 aromatic heterocycles. The largest absolute Gasteiger partial charge is 0.497 e. The Labute approximate surface area is 148 Å². The first-order chi connectivity index (χ1) is 12.6. The molecule has 6 heteroatoms. The monoisotopic (exact) mass is 349 g/mol. The minimum atomic E-state index is -0.331. The van der Waals surface area contributed by atoms with Crippen LogP contribution in [0.3, 0.4) is 0 Å². The SMILES string of the molecule is COc1ccc(-c2c(C)[nH]n3c(=O)cc(-c4ccc(F)cc4)nc23)cc1. The van der Waals surface area contributed by atoms with Gasteiger partial charge in [0.25, 0.3) is 5.56 Å². The summed E-state index contributed by atoms with van der Waals surface area (Å²) in [6, 6.07) is 14.9. The number of hydrogen-bond acceptors (Lipinski definition) is 3. The second-order valence-electron chi connectivity index (χ2n) is 5.99. The fraction of sp³-hybridized carbons (Fsp3) is 0.100. The molecule has 0 unspecified atom stereocenters. The molecule has 0 aliphatic carbocycles. The van der Waals surface area contributed by atoms with Crippen LogP contribution in [-0.4, -0.2) is 21.7 Å². The fourth-order valence-corrected chi connectivity index (χ4v) is 3.02. The summed E-state index contributed by atoms with van der Waals surface area (Å²) in [7, 11) is 1.61. The number of ether oxygens (including phenoxy) is 1. The third-order valence-corrected chi connectivity index (χ3v) is 4.32. The van der Waals surface area contributed by atoms with Crippen molar-refractivity contribution in [3.05, 3.63) is 76.5 Å². The van der Waals surface area contributed by atoms with E-state index in [0.29, 0.717) is 16.9 Å². The second-order valence-corrected chi connectivity index (χ2v) is 5.99. The Kier molecular flexibility index (Phi) is 3.80. The maximum absolute atomic E-state index is 13.2. The molecule has 2 heterocycles. The van der Waals surface area contributed by atoms with Crippen LogP contribution < -0.4 is 10.3 Å². The Balaban J connectivity index is 1.94. The maximum atomic E-state index is 13.2. The molecule has 0 radical (unpaired) electrons. The van der Waals surface area contributed by atoms with E-state index in [9.17, 15) is 9.18 Å². The molecule has 5 nitrogen and oxygen atoms in total. The highest BCUT2D eigenvalue weighted by Gasteiger charge is 2.15. The minimum absolute atomic E-state index is 0.225. The van der Waals surface area contributed by atoms with Gasteiger partial charge in [-0.2, -0.15) is 0 Å². The van der Waals surface area contributed by atoms with Crippen molar-refractivity contribution in [2.24, 2.45) is 0 Å². The van der Waals surface area contributed by atoms with Crippen molar-refractivity contribution in [3.63, 3.8) is 0 Å². The van der Waals surface area contributed by atoms with Gasteiger partial charge in [-0.1, -0.05) is 12.1 Å². The minimum Gasteiger partial charge on any atom is -0.497 e. The van der Waals surface area contributed by atoms with Crippen LogP contribution in [0.2, 0.25) is 0 Å². The van der Waals surface area contributed by atoms with Crippen molar-refractivity contribution in [3.8, 4) is 28.1 Å². The topological polar surface area (TPSA) is 59.4 Å². The number of aryl methyl sites for hydroxylation is 1. The Morgan fingerprint density at radius 2 is 1.69 bits per heavy atom. The highest BCUT2D eigenvalue weighted by molar-refractivity contribution is 5.81. The van der Waals surface area contributed by atoms with E-state index >= 15 is 0 Å². The van der Waals surface area contributed by atoms with E-state index in [0.717, 1.165) is 22.6 Å². The molecule has 0 amide bonds. The third-order valence-electron chi connectivity index (χ3n) is 4.32. The summed E-state index contributed by atoms with van der Waals surface area (Å²) in [6.45, 7) is 1.89. The number of nitrogens with one attached hydrogen (secondary N) is 1. The summed E-state index contributed by atoms with van der Waals surface area (Å²) < 4.78 is 19.8. The van der Waals surface area contributed by atoms with Crippen molar-refractivity contribution in [2.75, 3.05) is 7.11 Å². The fourth-order valence-electron chi connectivity index (χ4n) is 3.02. The molecule has 0 aliphatic rings. The van der Waals surface area contributed by atoms with Crippen molar-refractivity contribution in [1.29, 1.82) is 0 Å². The number of benzene rings is 2.